The lowest BCUT2D eigenvalue weighted by molar-refractivity contribution is 0.783. The average molecular weight is 257 g/mol. The van der Waals surface area contributed by atoms with Crippen molar-refractivity contribution in [3.63, 3.8) is 0 Å². The number of nitrogens with zero attached hydrogens (tertiary/aromatic N) is 6. The van der Waals surface area contributed by atoms with Crippen LogP contribution in [-0.2, 0) is 0 Å². The Labute approximate surface area is 107 Å². The molecule has 0 aliphatic rings. The first-order valence-corrected chi connectivity index (χ1v) is 5.46. The molecular weight excluding hydrogens is 250 g/mol. The second-order valence-corrected chi connectivity index (χ2v) is 3.92. The second kappa shape index (κ2) is 4.08. The van der Waals surface area contributed by atoms with Crippen LogP contribution in [0.1, 0.15) is 5.82 Å². The fourth-order valence-electron chi connectivity index (χ4n) is 1.44. The number of fused-ring (bicyclic) bond motifs is 1. The number of hydrogen-bond acceptors (Lipinski definition) is 6. The van der Waals surface area contributed by atoms with Gasteiger partial charge in [-0.2, -0.15) is 4.68 Å². The number of benzene rings is 1. The number of hydrogen-bond donors (Lipinski definition) is 1. The zero-order chi connectivity index (χ0) is 12.5. The van der Waals surface area contributed by atoms with Gasteiger partial charge in [0.2, 0.25) is 5.82 Å². The zero-order valence-corrected chi connectivity index (χ0v) is 9.87. The first kappa shape index (κ1) is 10.7. The summed E-state index contributed by atoms with van der Waals surface area (Å²) in [6.07, 6.45) is 1.44. The number of thiocarbonyl (C=S) groups is 1. The first-order valence-electron chi connectivity index (χ1n) is 5.05. The van der Waals surface area contributed by atoms with E-state index in [-0.39, 0.29) is 10.8 Å². The van der Waals surface area contributed by atoms with Crippen molar-refractivity contribution in [3.05, 3.63) is 36.4 Å². The van der Waals surface area contributed by atoms with E-state index in [1.807, 2.05) is 24.3 Å². The molecule has 0 atom stereocenters. The summed E-state index contributed by atoms with van der Waals surface area (Å²) in [7, 11) is 0. The number of aromatic nitrogens is 6. The molecule has 0 bridgehead atoms. The van der Waals surface area contributed by atoms with Crippen LogP contribution in [0.25, 0.3) is 17.0 Å². The van der Waals surface area contributed by atoms with Crippen LogP contribution in [0.2, 0.25) is 0 Å². The van der Waals surface area contributed by atoms with Crippen LogP contribution in [0.3, 0.4) is 0 Å². The molecule has 2 heterocycles. The maximum atomic E-state index is 5.43. The van der Waals surface area contributed by atoms with Gasteiger partial charge in [0, 0.05) is 0 Å². The Kier molecular flexibility index (Phi) is 2.41. The predicted octanol–water partition coefficient (Wildman–Crippen LogP) is 0.240. The summed E-state index contributed by atoms with van der Waals surface area (Å²) in [5, 5.41) is 12.1. The molecule has 3 rings (SSSR count). The third-order valence-electron chi connectivity index (χ3n) is 2.27. The molecule has 0 unspecified atom stereocenters. The second-order valence-electron chi connectivity index (χ2n) is 3.48. The summed E-state index contributed by atoms with van der Waals surface area (Å²) in [6.45, 7) is 0. The first-order chi connectivity index (χ1) is 8.74. The highest BCUT2D eigenvalue weighted by molar-refractivity contribution is 7.80. The summed E-state index contributed by atoms with van der Waals surface area (Å²) in [6, 6.07) is 7.43. The standard InChI is InChI=1S/C10H7N7S/c11-8(18)9-12-5-17(16-9)10-13-6-3-1-2-4-7(6)14-15-10/h1-5H,(H2,11,18). The molecule has 3 aromatic rings. The Morgan fingerprint density at radius 1 is 1.17 bits per heavy atom. The van der Waals surface area contributed by atoms with Crippen LogP contribution in [-0.4, -0.2) is 34.9 Å². The van der Waals surface area contributed by atoms with Crippen molar-refractivity contribution in [2.75, 3.05) is 0 Å². The average Bonchev–Trinajstić information content (AvgIpc) is 2.88. The Hall–Kier alpha value is -2.48. The molecule has 0 spiro atoms. The quantitative estimate of drug-likeness (QED) is 0.657. The third kappa shape index (κ3) is 1.78. The topological polar surface area (TPSA) is 95.4 Å². The highest BCUT2D eigenvalue weighted by Crippen LogP contribution is 2.08. The van der Waals surface area contributed by atoms with E-state index in [1.165, 1.54) is 11.0 Å². The number of rotatable bonds is 2. The summed E-state index contributed by atoms with van der Waals surface area (Å²) in [5.41, 5.74) is 6.88. The van der Waals surface area contributed by atoms with Gasteiger partial charge in [-0.05, 0) is 12.1 Å². The monoisotopic (exact) mass is 257 g/mol. The van der Waals surface area contributed by atoms with Gasteiger partial charge >= 0.3 is 0 Å². The van der Waals surface area contributed by atoms with Crippen LogP contribution in [0.4, 0.5) is 0 Å². The molecule has 0 saturated carbocycles. The van der Waals surface area contributed by atoms with Gasteiger partial charge in [0.25, 0.3) is 5.95 Å². The van der Waals surface area contributed by atoms with Gasteiger partial charge in [-0.1, -0.05) is 24.4 Å². The van der Waals surface area contributed by atoms with Crippen molar-refractivity contribution in [1.82, 2.24) is 29.9 Å². The van der Waals surface area contributed by atoms with Crippen molar-refractivity contribution in [1.29, 1.82) is 0 Å². The van der Waals surface area contributed by atoms with Crippen molar-refractivity contribution >= 4 is 28.2 Å². The van der Waals surface area contributed by atoms with Crippen molar-refractivity contribution in [2.24, 2.45) is 5.73 Å². The van der Waals surface area contributed by atoms with Gasteiger partial charge in [0.1, 0.15) is 16.8 Å². The predicted molar refractivity (Wildman–Crippen MR) is 68.1 cm³/mol. The van der Waals surface area contributed by atoms with Gasteiger partial charge in [0.15, 0.2) is 0 Å². The largest absolute Gasteiger partial charge is 0.387 e. The number of nitrogens with two attached hydrogens (primary N) is 1. The highest BCUT2D eigenvalue weighted by atomic mass is 32.1. The van der Waals surface area contributed by atoms with E-state index in [1.54, 1.807) is 0 Å². The molecule has 0 saturated heterocycles. The molecular formula is C10H7N7S. The van der Waals surface area contributed by atoms with E-state index in [9.17, 15) is 0 Å². The van der Waals surface area contributed by atoms with Crippen molar-refractivity contribution in [3.8, 4) is 5.95 Å². The van der Waals surface area contributed by atoms with Gasteiger partial charge in [-0.3, -0.25) is 0 Å². The number of para-hydroxylation sites is 1. The van der Waals surface area contributed by atoms with Gasteiger partial charge in [0.05, 0.1) is 5.52 Å². The minimum Gasteiger partial charge on any atom is -0.387 e. The highest BCUT2D eigenvalue weighted by Gasteiger charge is 2.08. The fourth-order valence-corrected chi connectivity index (χ4v) is 1.53. The molecule has 0 fully saturated rings. The SMILES string of the molecule is NC(=S)c1ncn(-c2nnc3ccccc3n2)n1. The Morgan fingerprint density at radius 3 is 2.67 bits per heavy atom. The molecule has 1 aromatic carbocycles. The molecule has 0 amide bonds. The summed E-state index contributed by atoms with van der Waals surface area (Å²) in [5.74, 6) is 0.602. The molecule has 8 heteroatoms. The lowest BCUT2D eigenvalue weighted by Gasteiger charge is -1.99. The summed E-state index contributed by atoms with van der Waals surface area (Å²) < 4.78 is 1.38. The molecule has 0 radical (unpaired) electrons. The van der Waals surface area contributed by atoms with Crippen LogP contribution >= 0.6 is 12.2 Å². The van der Waals surface area contributed by atoms with Crippen LogP contribution < -0.4 is 5.73 Å². The molecule has 88 valence electrons. The van der Waals surface area contributed by atoms with Gasteiger partial charge in [-0.25, -0.2) is 9.97 Å². The Bertz CT molecular complexity index is 736. The summed E-state index contributed by atoms with van der Waals surface area (Å²) in [4.78, 5) is 8.40. The van der Waals surface area contributed by atoms with Crippen molar-refractivity contribution < 1.29 is 0 Å². The fraction of sp³-hybridized carbons (Fsp3) is 0. The minimum atomic E-state index is 0.127. The Morgan fingerprint density at radius 2 is 1.94 bits per heavy atom. The van der Waals surface area contributed by atoms with E-state index < -0.39 is 0 Å². The maximum Gasteiger partial charge on any atom is 0.272 e. The minimum absolute atomic E-state index is 0.127. The van der Waals surface area contributed by atoms with E-state index >= 15 is 0 Å². The molecule has 0 aliphatic heterocycles. The van der Waals surface area contributed by atoms with Crippen LogP contribution in [0.5, 0.6) is 0 Å². The molecule has 7 nitrogen and oxygen atoms in total. The van der Waals surface area contributed by atoms with E-state index in [2.05, 4.69) is 25.3 Å². The molecule has 0 aliphatic carbocycles. The lowest BCUT2D eigenvalue weighted by atomic mass is 10.3. The van der Waals surface area contributed by atoms with Crippen LogP contribution in [0, 0.1) is 0 Å². The molecule has 2 N–H and O–H groups in total. The zero-order valence-electron chi connectivity index (χ0n) is 9.06. The van der Waals surface area contributed by atoms with E-state index in [0.29, 0.717) is 5.95 Å². The van der Waals surface area contributed by atoms with E-state index in [0.717, 1.165) is 11.0 Å². The van der Waals surface area contributed by atoms with E-state index in [4.69, 9.17) is 18.0 Å². The smallest absolute Gasteiger partial charge is 0.272 e. The Balaban J connectivity index is 2.10. The summed E-state index contributed by atoms with van der Waals surface area (Å²) >= 11 is 4.79. The normalized spacial score (nSPS) is 10.7. The van der Waals surface area contributed by atoms with Crippen molar-refractivity contribution in [2.45, 2.75) is 0 Å². The lowest BCUT2D eigenvalue weighted by Crippen LogP contribution is -2.12. The van der Waals surface area contributed by atoms with Gasteiger partial charge < -0.3 is 5.73 Å². The third-order valence-corrected chi connectivity index (χ3v) is 2.45. The maximum absolute atomic E-state index is 5.43. The van der Waals surface area contributed by atoms with Crippen LogP contribution in [0.15, 0.2) is 30.6 Å². The molecule has 2 aromatic heterocycles. The molecule has 18 heavy (non-hydrogen) atoms. The van der Waals surface area contributed by atoms with Gasteiger partial charge in [-0.15, -0.1) is 15.3 Å².